The van der Waals surface area contributed by atoms with E-state index < -0.39 is 11.5 Å². The lowest BCUT2D eigenvalue weighted by Gasteiger charge is -2.23. The van der Waals surface area contributed by atoms with Gasteiger partial charge in [-0.05, 0) is 30.7 Å². The molecule has 1 aliphatic rings. The molecule has 5 nitrogen and oxygen atoms in total. The Morgan fingerprint density at radius 1 is 1.07 bits per heavy atom. The highest BCUT2D eigenvalue weighted by molar-refractivity contribution is 6.10. The van der Waals surface area contributed by atoms with Gasteiger partial charge in [0.05, 0.1) is 18.7 Å². The molecule has 140 valence electrons. The van der Waals surface area contributed by atoms with E-state index in [1.807, 2.05) is 37.3 Å². The molecule has 4 rings (SSSR count). The largest absolute Gasteiger partial charge is 0.375 e. The van der Waals surface area contributed by atoms with Crippen molar-refractivity contribution in [1.29, 1.82) is 0 Å². The molecule has 0 radical (unpaired) electrons. The number of anilines is 1. The average molecular weight is 372 g/mol. The van der Waals surface area contributed by atoms with Crippen molar-refractivity contribution in [3.05, 3.63) is 95.3 Å². The number of aryl methyl sites for hydroxylation is 1. The van der Waals surface area contributed by atoms with Gasteiger partial charge in [-0.1, -0.05) is 48.0 Å². The normalized spacial score (nSPS) is 18.2. The molecule has 5 heteroatoms. The number of Topliss-reactive ketones (excluding diaryl/α,β-unsaturated/α-hetero) is 1. The number of hydrogen-bond donors (Lipinski definition) is 1. The fourth-order valence-corrected chi connectivity index (χ4v) is 3.57. The summed E-state index contributed by atoms with van der Waals surface area (Å²) in [5.41, 5.74) is 1.68. The molecular formula is C23H20N2O3. The van der Waals surface area contributed by atoms with Gasteiger partial charge < -0.3 is 10.0 Å². The van der Waals surface area contributed by atoms with Crippen molar-refractivity contribution < 1.29 is 14.7 Å². The SMILES string of the molecule is Cc1ccc(CN2C(=O)[C@](O)(CC(=O)c3cccnc3)c3ccccc32)cc1. The number of fused-ring (bicyclic) bond motifs is 1. The van der Waals surface area contributed by atoms with Crippen LogP contribution in [0.4, 0.5) is 5.69 Å². The molecule has 1 N–H and O–H groups in total. The Hall–Kier alpha value is -3.31. The molecule has 28 heavy (non-hydrogen) atoms. The molecule has 0 aliphatic carbocycles. The van der Waals surface area contributed by atoms with Crippen LogP contribution >= 0.6 is 0 Å². The second kappa shape index (κ2) is 7.02. The molecule has 1 aromatic heterocycles. The van der Waals surface area contributed by atoms with Crippen molar-refractivity contribution in [1.82, 2.24) is 4.98 Å². The number of rotatable bonds is 5. The predicted octanol–water partition coefficient (Wildman–Crippen LogP) is 3.40. The summed E-state index contributed by atoms with van der Waals surface area (Å²) in [5.74, 6) is -0.803. The Morgan fingerprint density at radius 2 is 1.82 bits per heavy atom. The molecule has 0 saturated heterocycles. The van der Waals surface area contributed by atoms with E-state index in [-0.39, 0.29) is 12.2 Å². The smallest absolute Gasteiger partial charge is 0.264 e. The van der Waals surface area contributed by atoms with Gasteiger partial charge in [-0.2, -0.15) is 0 Å². The van der Waals surface area contributed by atoms with E-state index in [9.17, 15) is 14.7 Å². The fourth-order valence-electron chi connectivity index (χ4n) is 3.57. The number of aliphatic hydroxyl groups is 1. The van der Waals surface area contributed by atoms with Gasteiger partial charge in [0.2, 0.25) is 0 Å². The van der Waals surface area contributed by atoms with Gasteiger partial charge in [0.25, 0.3) is 5.91 Å². The Labute approximate surface area is 163 Å². The molecule has 0 saturated carbocycles. The zero-order valence-electron chi connectivity index (χ0n) is 15.5. The highest BCUT2D eigenvalue weighted by atomic mass is 16.3. The number of ketones is 1. The lowest BCUT2D eigenvalue weighted by atomic mass is 9.88. The highest BCUT2D eigenvalue weighted by Crippen LogP contribution is 2.43. The van der Waals surface area contributed by atoms with Gasteiger partial charge in [-0.3, -0.25) is 14.6 Å². The zero-order valence-corrected chi connectivity index (χ0v) is 15.5. The summed E-state index contributed by atoms with van der Waals surface area (Å²) in [6.45, 7) is 2.34. The molecular weight excluding hydrogens is 352 g/mol. The Morgan fingerprint density at radius 3 is 2.54 bits per heavy atom. The summed E-state index contributed by atoms with van der Waals surface area (Å²) < 4.78 is 0. The van der Waals surface area contributed by atoms with Crippen molar-refractivity contribution in [2.45, 2.75) is 25.5 Å². The van der Waals surface area contributed by atoms with Crippen LogP contribution in [0.3, 0.4) is 0 Å². The number of para-hydroxylation sites is 1. The van der Waals surface area contributed by atoms with Crippen LogP contribution < -0.4 is 4.90 Å². The predicted molar refractivity (Wildman–Crippen MR) is 106 cm³/mol. The summed E-state index contributed by atoms with van der Waals surface area (Å²) >= 11 is 0. The van der Waals surface area contributed by atoms with Crippen molar-refractivity contribution in [3.63, 3.8) is 0 Å². The lowest BCUT2D eigenvalue weighted by molar-refractivity contribution is -0.136. The first kappa shape index (κ1) is 18.1. The van der Waals surface area contributed by atoms with Crippen LogP contribution in [0.5, 0.6) is 0 Å². The molecule has 1 amide bonds. The summed E-state index contributed by atoms with van der Waals surface area (Å²) in [6.07, 6.45) is 2.70. The van der Waals surface area contributed by atoms with Gasteiger partial charge in [0.1, 0.15) is 0 Å². The van der Waals surface area contributed by atoms with Crippen LogP contribution in [0, 0.1) is 6.92 Å². The summed E-state index contributed by atoms with van der Waals surface area (Å²) in [5, 5.41) is 11.3. The minimum Gasteiger partial charge on any atom is -0.375 e. The second-order valence-corrected chi connectivity index (χ2v) is 7.10. The van der Waals surface area contributed by atoms with Crippen molar-refractivity contribution in [2.75, 3.05) is 4.90 Å². The van der Waals surface area contributed by atoms with E-state index in [0.29, 0.717) is 23.4 Å². The van der Waals surface area contributed by atoms with Crippen LogP contribution in [-0.4, -0.2) is 21.8 Å². The van der Waals surface area contributed by atoms with Crippen LogP contribution in [0.15, 0.2) is 73.1 Å². The lowest BCUT2D eigenvalue weighted by Crippen LogP contribution is -2.41. The van der Waals surface area contributed by atoms with E-state index in [1.165, 1.54) is 6.20 Å². The van der Waals surface area contributed by atoms with Crippen LogP contribution in [0.1, 0.15) is 33.5 Å². The number of benzene rings is 2. The first-order valence-electron chi connectivity index (χ1n) is 9.12. The van der Waals surface area contributed by atoms with Gasteiger partial charge in [0.15, 0.2) is 11.4 Å². The monoisotopic (exact) mass is 372 g/mol. The maximum absolute atomic E-state index is 13.2. The molecule has 0 unspecified atom stereocenters. The third kappa shape index (κ3) is 3.10. The third-order valence-electron chi connectivity index (χ3n) is 5.10. The summed E-state index contributed by atoms with van der Waals surface area (Å²) in [7, 11) is 0. The first-order valence-corrected chi connectivity index (χ1v) is 9.12. The number of pyridine rings is 1. The van der Waals surface area contributed by atoms with Gasteiger partial charge in [0, 0.05) is 23.5 Å². The van der Waals surface area contributed by atoms with E-state index in [0.717, 1.165) is 11.1 Å². The topological polar surface area (TPSA) is 70.5 Å². The Bertz CT molecular complexity index is 1030. The van der Waals surface area contributed by atoms with Gasteiger partial charge >= 0.3 is 0 Å². The number of aromatic nitrogens is 1. The molecule has 1 atom stereocenters. The molecule has 2 heterocycles. The van der Waals surface area contributed by atoms with Crippen molar-refractivity contribution in [2.24, 2.45) is 0 Å². The maximum atomic E-state index is 13.2. The van der Waals surface area contributed by atoms with E-state index in [4.69, 9.17) is 0 Å². The minimum absolute atomic E-state index is 0.320. The Balaban J connectivity index is 1.68. The Kier molecular flexibility index (Phi) is 4.53. The van der Waals surface area contributed by atoms with Crippen LogP contribution in [0.25, 0.3) is 0 Å². The molecule has 2 aromatic carbocycles. The quantitative estimate of drug-likeness (QED) is 0.697. The van der Waals surface area contributed by atoms with Crippen molar-refractivity contribution in [3.8, 4) is 0 Å². The number of carbonyl (C=O) groups is 2. The summed E-state index contributed by atoms with van der Waals surface area (Å²) in [4.78, 5) is 31.4. The average Bonchev–Trinajstić information content (AvgIpc) is 2.92. The van der Waals surface area contributed by atoms with E-state index in [1.54, 1.807) is 41.4 Å². The minimum atomic E-state index is -1.88. The number of nitrogens with zero attached hydrogens (tertiary/aromatic N) is 2. The van der Waals surface area contributed by atoms with E-state index in [2.05, 4.69) is 4.98 Å². The van der Waals surface area contributed by atoms with Gasteiger partial charge in [-0.25, -0.2) is 0 Å². The highest BCUT2D eigenvalue weighted by Gasteiger charge is 2.50. The number of amides is 1. The molecule has 0 spiro atoms. The second-order valence-electron chi connectivity index (χ2n) is 7.10. The number of hydrogen-bond acceptors (Lipinski definition) is 4. The molecule has 3 aromatic rings. The van der Waals surface area contributed by atoms with Crippen LogP contribution in [-0.2, 0) is 16.9 Å². The number of carbonyl (C=O) groups excluding carboxylic acids is 2. The summed E-state index contributed by atoms with van der Waals surface area (Å²) in [6, 6.07) is 18.3. The van der Waals surface area contributed by atoms with Crippen LogP contribution in [0.2, 0.25) is 0 Å². The molecule has 0 fully saturated rings. The molecule has 1 aliphatic heterocycles. The van der Waals surface area contributed by atoms with E-state index >= 15 is 0 Å². The zero-order chi connectivity index (χ0) is 19.7. The maximum Gasteiger partial charge on any atom is 0.264 e. The first-order chi connectivity index (χ1) is 13.5. The standard InChI is InChI=1S/C23H20N2O3/c1-16-8-10-17(11-9-16)15-25-20-7-3-2-6-19(20)23(28,22(25)27)13-21(26)18-5-4-12-24-14-18/h2-12,14,28H,13,15H2,1H3/t23-/m0/s1. The van der Waals surface area contributed by atoms with Crippen molar-refractivity contribution >= 4 is 17.4 Å². The molecule has 0 bridgehead atoms. The fraction of sp³-hybridized carbons (Fsp3) is 0.174. The third-order valence-corrected chi connectivity index (χ3v) is 5.10. The van der Waals surface area contributed by atoms with Gasteiger partial charge in [-0.15, -0.1) is 0 Å².